The first-order valence-electron chi connectivity index (χ1n) is 5.96. The van der Waals surface area contributed by atoms with E-state index < -0.39 is 5.60 Å². The average Bonchev–Trinajstić information content (AvgIpc) is 2.75. The average molecular weight is 227 g/mol. The molecule has 1 N–H and O–H groups in total. The number of nitrogens with zero attached hydrogens (tertiary/aromatic N) is 1. The van der Waals surface area contributed by atoms with E-state index in [0.29, 0.717) is 5.41 Å². The zero-order valence-corrected chi connectivity index (χ0v) is 10.3. The van der Waals surface area contributed by atoms with E-state index in [2.05, 4.69) is 0 Å². The molecule has 0 bridgehead atoms. The van der Waals surface area contributed by atoms with Crippen molar-refractivity contribution in [3.8, 4) is 0 Å². The number of aliphatic hydroxyl groups is 1. The summed E-state index contributed by atoms with van der Waals surface area (Å²) in [6.07, 6.45) is 3.02. The third-order valence-corrected chi connectivity index (χ3v) is 3.41. The summed E-state index contributed by atoms with van der Waals surface area (Å²) in [5, 5.41) is 9.29. The Morgan fingerprint density at radius 3 is 2.56 bits per heavy atom. The molecule has 2 fully saturated rings. The number of hydrogen-bond donors (Lipinski definition) is 1. The van der Waals surface area contributed by atoms with Gasteiger partial charge in [-0.2, -0.15) is 0 Å². The Balaban J connectivity index is 2.00. The molecule has 2 rings (SSSR count). The zero-order chi connectivity index (χ0) is 12.0. The standard InChI is InChI=1S/C12H21NO3/c1-11(2,3)16-10(15)13-8-12(4-5-12)6-9(13)7-14/h9,14H,4-8H2,1-3H3/t9-/m0/s1. The normalized spacial score (nSPS) is 27.2. The van der Waals surface area contributed by atoms with Gasteiger partial charge in [-0.1, -0.05) is 0 Å². The van der Waals surface area contributed by atoms with Crippen molar-refractivity contribution in [2.24, 2.45) is 5.41 Å². The number of ether oxygens (including phenoxy) is 1. The molecule has 1 atom stereocenters. The second-order valence-electron chi connectivity index (χ2n) is 6.15. The van der Waals surface area contributed by atoms with Crippen molar-refractivity contribution >= 4 is 6.09 Å². The van der Waals surface area contributed by atoms with Crippen molar-refractivity contribution in [1.82, 2.24) is 4.90 Å². The van der Waals surface area contributed by atoms with Crippen LogP contribution in [0.4, 0.5) is 4.79 Å². The minimum absolute atomic E-state index is 0.0427. The summed E-state index contributed by atoms with van der Waals surface area (Å²) in [6.45, 7) is 6.39. The van der Waals surface area contributed by atoms with E-state index in [4.69, 9.17) is 4.74 Å². The Morgan fingerprint density at radius 1 is 1.50 bits per heavy atom. The highest BCUT2D eigenvalue weighted by atomic mass is 16.6. The van der Waals surface area contributed by atoms with Gasteiger partial charge in [0.25, 0.3) is 0 Å². The van der Waals surface area contributed by atoms with E-state index in [9.17, 15) is 9.90 Å². The fraction of sp³-hybridized carbons (Fsp3) is 0.917. The van der Waals surface area contributed by atoms with Crippen LogP contribution in [0.3, 0.4) is 0 Å². The Bertz CT molecular complexity index is 291. The molecule has 1 saturated heterocycles. The highest BCUT2D eigenvalue weighted by Gasteiger charge is 2.53. The van der Waals surface area contributed by atoms with Gasteiger partial charge >= 0.3 is 6.09 Å². The van der Waals surface area contributed by atoms with Gasteiger partial charge in [-0.25, -0.2) is 4.79 Å². The molecule has 4 heteroatoms. The summed E-state index contributed by atoms with van der Waals surface area (Å²) < 4.78 is 5.35. The maximum Gasteiger partial charge on any atom is 0.410 e. The van der Waals surface area contributed by atoms with Crippen molar-refractivity contribution in [1.29, 1.82) is 0 Å². The van der Waals surface area contributed by atoms with Crippen molar-refractivity contribution in [3.05, 3.63) is 0 Å². The fourth-order valence-electron chi connectivity index (χ4n) is 2.40. The van der Waals surface area contributed by atoms with Crippen LogP contribution >= 0.6 is 0 Å². The lowest BCUT2D eigenvalue weighted by atomic mass is 10.0. The van der Waals surface area contributed by atoms with E-state index in [-0.39, 0.29) is 18.7 Å². The van der Waals surface area contributed by atoms with Crippen LogP contribution in [0.15, 0.2) is 0 Å². The summed E-state index contributed by atoms with van der Waals surface area (Å²) in [4.78, 5) is 13.6. The van der Waals surface area contributed by atoms with E-state index in [1.807, 2.05) is 20.8 Å². The molecule has 1 heterocycles. The predicted octanol–water partition coefficient (Wildman–Crippen LogP) is 1.77. The molecule has 1 amide bonds. The Labute approximate surface area is 96.6 Å². The number of rotatable bonds is 1. The smallest absolute Gasteiger partial charge is 0.410 e. The van der Waals surface area contributed by atoms with Crippen LogP contribution in [-0.4, -0.2) is 40.9 Å². The summed E-state index contributed by atoms with van der Waals surface area (Å²) in [7, 11) is 0. The Hall–Kier alpha value is -0.770. The lowest BCUT2D eigenvalue weighted by Crippen LogP contribution is -2.41. The van der Waals surface area contributed by atoms with Gasteiger partial charge in [0.1, 0.15) is 5.60 Å². The lowest BCUT2D eigenvalue weighted by Gasteiger charge is -2.27. The molecule has 16 heavy (non-hydrogen) atoms. The summed E-state index contributed by atoms with van der Waals surface area (Å²) in [6, 6.07) is -0.0441. The third-order valence-electron chi connectivity index (χ3n) is 3.41. The first kappa shape index (κ1) is 11.7. The monoisotopic (exact) mass is 227 g/mol. The van der Waals surface area contributed by atoms with Crippen molar-refractivity contribution in [3.63, 3.8) is 0 Å². The van der Waals surface area contributed by atoms with Gasteiger partial charge in [-0.15, -0.1) is 0 Å². The molecule has 1 spiro atoms. The molecule has 0 aromatic carbocycles. The number of amides is 1. The minimum atomic E-state index is -0.462. The van der Waals surface area contributed by atoms with Gasteiger partial charge < -0.3 is 14.7 Å². The lowest BCUT2D eigenvalue weighted by molar-refractivity contribution is 0.0171. The van der Waals surface area contributed by atoms with Crippen LogP contribution in [0.25, 0.3) is 0 Å². The minimum Gasteiger partial charge on any atom is -0.444 e. The number of aliphatic hydroxyl groups excluding tert-OH is 1. The highest BCUT2D eigenvalue weighted by Crippen LogP contribution is 2.54. The van der Waals surface area contributed by atoms with E-state index in [0.717, 1.165) is 13.0 Å². The number of hydrogen-bond acceptors (Lipinski definition) is 3. The molecule has 1 aliphatic carbocycles. The molecular weight excluding hydrogens is 206 g/mol. The molecule has 0 unspecified atom stereocenters. The van der Waals surface area contributed by atoms with Crippen LogP contribution in [0.1, 0.15) is 40.0 Å². The fourth-order valence-corrected chi connectivity index (χ4v) is 2.40. The van der Waals surface area contributed by atoms with Crippen LogP contribution in [0, 0.1) is 5.41 Å². The molecule has 4 nitrogen and oxygen atoms in total. The van der Waals surface area contributed by atoms with Crippen molar-refractivity contribution < 1.29 is 14.6 Å². The molecule has 2 aliphatic rings. The first-order chi connectivity index (χ1) is 7.35. The molecule has 1 aliphatic heterocycles. The van der Waals surface area contributed by atoms with E-state index in [1.54, 1.807) is 4.90 Å². The van der Waals surface area contributed by atoms with Crippen molar-refractivity contribution in [2.75, 3.05) is 13.2 Å². The summed E-state index contributed by atoms with van der Waals surface area (Å²) in [5.74, 6) is 0. The number of likely N-dealkylation sites (tertiary alicyclic amines) is 1. The maximum absolute atomic E-state index is 11.9. The first-order valence-corrected chi connectivity index (χ1v) is 5.96. The molecule has 0 radical (unpaired) electrons. The van der Waals surface area contributed by atoms with Gasteiger partial charge in [0, 0.05) is 6.54 Å². The molecule has 0 aromatic heterocycles. The predicted molar refractivity (Wildman–Crippen MR) is 60.1 cm³/mol. The maximum atomic E-state index is 11.9. The SMILES string of the molecule is CC(C)(C)OC(=O)N1CC2(CC2)C[C@H]1CO. The molecular formula is C12H21NO3. The van der Waals surface area contributed by atoms with Crippen LogP contribution in [0.2, 0.25) is 0 Å². The van der Waals surface area contributed by atoms with Gasteiger partial charge in [0.2, 0.25) is 0 Å². The topological polar surface area (TPSA) is 49.8 Å². The Morgan fingerprint density at radius 2 is 2.12 bits per heavy atom. The molecule has 92 valence electrons. The number of carbonyl (C=O) groups excluding carboxylic acids is 1. The van der Waals surface area contributed by atoms with Gasteiger partial charge in [0.05, 0.1) is 12.6 Å². The van der Waals surface area contributed by atoms with Gasteiger partial charge in [-0.05, 0) is 45.4 Å². The van der Waals surface area contributed by atoms with Gasteiger partial charge in [-0.3, -0.25) is 0 Å². The summed E-state index contributed by atoms with van der Waals surface area (Å²) >= 11 is 0. The van der Waals surface area contributed by atoms with E-state index >= 15 is 0 Å². The zero-order valence-electron chi connectivity index (χ0n) is 10.3. The van der Waals surface area contributed by atoms with E-state index in [1.165, 1.54) is 12.8 Å². The second-order valence-corrected chi connectivity index (χ2v) is 6.15. The van der Waals surface area contributed by atoms with Crippen LogP contribution in [-0.2, 0) is 4.74 Å². The van der Waals surface area contributed by atoms with Crippen LogP contribution in [0.5, 0.6) is 0 Å². The summed E-state index contributed by atoms with van der Waals surface area (Å²) in [5.41, 5.74) is -0.152. The third kappa shape index (κ3) is 2.32. The molecule has 1 saturated carbocycles. The number of carbonyl (C=O) groups is 1. The van der Waals surface area contributed by atoms with Gasteiger partial charge in [0.15, 0.2) is 0 Å². The largest absolute Gasteiger partial charge is 0.444 e. The Kier molecular flexibility index (Phi) is 2.65. The highest BCUT2D eigenvalue weighted by molar-refractivity contribution is 5.69. The van der Waals surface area contributed by atoms with Crippen LogP contribution < -0.4 is 0 Å². The second kappa shape index (κ2) is 3.62. The molecule has 0 aromatic rings. The quantitative estimate of drug-likeness (QED) is 0.742. The van der Waals surface area contributed by atoms with Crippen molar-refractivity contribution in [2.45, 2.75) is 51.7 Å².